The van der Waals surface area contributed by atoms with E-state index in [1.807, 2.05) is 6.07 Å². The van der Waals surface area contributed by atoms with Crippen molar-refractivity contribution in [2.75, 3.05) is 32.7 Å². The van der Waals surface area contributed by atoms with Gasteiger partial charge in [0.1, 0.15) is 0 Å². The molecule has 3 aromatic heterocycles. The van der Waals surface area contributed by atoms with Crippen LogP contribution in [0, 0.1) is 12.9 Å². The molecule has 1 saturated heterocycles. The first-order chi connectivity index (χ1) is 15.5. The average molecular weight is 463 g/mol. The van der Waals surface area contributed by atoms with Crippen LogP contribution in [0.1, 0.15) is 49.6 Å². The molecule has 178 valence electrons. The molecule has 0 amide bonds. The highest BCUT2D eigenvalue weighted by Crippen LogP contribution is 2.38. The maximum atomic E-state index is 13.9. The van der Waals surface area contributed by atoms with Gasteiger partial charge < -0.3 is 4.40 Å². The third-order valence-electron chi connectivity index (χ3n) is 6.62. The van der Waals surface area contributed by atoms with Crippen LogP contribution in [0.15, 0.2) is 36.7 Å². The Hall–Kier alpha value is -2.45. The summed E-state index contributed by atoms with van der Waals surface area (Å²) >= 11 is 0. The third kappa shape index (κ3) is 4.92. The lowest BCUT2D eigenvalue weighted by Crippen LogP contribution is -2.49. The lowest BCUT2D eigenvalue weighted by molar-refractivity contribution is -0.149. The van der Waals surface area contributed by atoms with Crippen molar-refractivity contribution in [3.8, 4) is 11.1 Å². The molecule has 0 aromatic carbocycles. The molecule has 3 aromatic rings. The number of aromatic nitrogens is 2. The molecule has 0 N–H and O–H groups in total. The normalized spacial score (nSPS) is 17.2. The number of halogens is 4. The summed E-state index contributed by atoms with van der Waals surface area (Å²) in [6, 6.07) is 7.45. The summed E-state index contributed by atoms with van der Waals surface area (Å²) in [6.07, 6.45) is -0.556. The number of aryl methyl sites for hydroxylation is 1. The van der Waals surface area contributed by atoms with Crippen LogP contribution < -0.4 is 0 Å². The Morgan fingerprint density at radius 1 is 1.03 bits per heavy atom. The van der Waals surface area contributed by atoms with Gasteiger partial charge in [-0.15, -0.1) is 0 Å². The zero-order valence-electron chi connectivity index (χ0n) is 19.5. The smallest absolute Gasteiger partial charge is 0.318 e. The second-order valence-electron chi connectivity index (χ2n) is 9.24. The minimum atomic E-state index is -4.17. The van der Waals surface area contributed by atoms with Gasteiger partial charge in [-0.1, -0.05) is 19.9 Å². The van der Waals surface area contributed by atoms with Crippen LogP contribution in [0.3, 0.4) is 0 Å². The summed E-state index contributed by atoms with van der Waals surface area (Å²) in [6.45, 7) is 9.49. The van der Waals surface area contributed by atoms with Gasteiger partial charge in [0.05, 0.1) is 12.1 Å². The van der Waals surface area contributed by atoms with Gasteiger partial charge in [0.2, 0.25) is 5.95 Å². The number of hydrogen-bond donors (Lipinski definition) is 0. The molecule has 0 bridgehead atoms. The largest absolute Gasteiger partial charge is 0.401 e. The zero-order valence-corrected chi connectivity index (χ0v) is 19.5. The van der Waals surface area contributed by atoms with Crippen molar-refractivity contribution in [1.29, 1.82) is 0 Å². The van der Waals surface area contributed by atoms with Crippen molar-refractivity contribution in [2.24, 2.45) is 0 Å². The maximum Gasteiger partial charge on any atom is 0.401 e. The summed E-state index contributed by atoms with van der Waals surface area (Å²) in [5.41, 5.74) is 6.12. The number of hydrogen-bond acceptors (Lipinski definition) is 3. The van der Waals surface area contributed by atoms with E-state index in [-0.39, 0.29) is 12.0 Å². The standard InChI is InChI=1S/C25H30F4N4/c1-16(2)20-14-33-21(23(20)19-7-8-30-22(26)13-19)6-5-17(3)24(33)18(4)32-11-9-31(10-12-32)15-25(27,28)29/h5-8,13-14,16,18H,9-12,15H2,1-4H3. The Balaban J connectivity index is 1.72. The molecule has 1 aliphatic heterocycles. The molecule has 33 heavy (non-hydrogen) atoms. The first-order valence-corrected chi connectivity index (χ1v) is 11.3. The second-order valence-corrected chi connectivity index (χ2v) is 9.24. The molecule has 1 unspecified atom stereocenters. The number of piperazine rings is 1. The van der Waals surface area contributed by atoms with Crippen molar-refractivity contribution < 1.29 is 17.6 Å². The van der Waals surface area contributed by atoms with Crippen molar-refractivity contribution in [1.82, 2.24) is 19.2 Å². The van der Waals surface area contributed by atoms with Crippen LogP contribution in [0.5, 0.6) is 0 Å². The summed E-state index contributed by atoms with van der Waals surface area (Å²) in [4.78, 5) is 7.42. The highest BCUT2D eigenvalue weighted by molar-refractivity contribution is 5.85. The van der Waals surface area contributed by atoms with Gasteiger partial charge in [0.25, 0.3) is 0 Å². The van der Waals surface area contributed by atoms with Crippen LogP contribution >= 0.6 is 0 Å². The molecular formula is C25H30F4N4. The number of nitrogens with zero attached hydrogens (tertiary/aromatic N) is 4. The zero-order chi connectivity index (χ0) is 23.9. The van der Waals surface area contributed by atoms with E-state index in [0.29, 0.717) is 26.2 Å². The summed E-state index contributed by atoms with van der Waals surface area (Å²) in [5.74, 6) is -0.288. The van der Waals surface area contributed by atoms with Crippen molar-refractivity contribution in [3.63, 3.8) is 0 Å². The summed E-state index contributed by atoms with van der Waals surface area (Å²) in [5, 5.41) is 0. The second kappa shape index (κ2) is 9.06. The Labute approximate surface area is 191 Å². The number of fused-ring (bicyclic) bond motifs is 1. The highest BCUT2D eigenvalue weighted by atomic mass is 19.4. The first kappa shape index (κ1) is 23.7. The fourth-order valence-corrected chi connectivity index (χ4v) is 4.96. The highest BCUT2D eigenvalue weighted by Gasteiger charge is 2.33. The third-order valence-corrected chi connectivity index (χ3v) is 6.62. The van der Waals surface area contributed by atoms with Gasteiger partial charge in [-0.3, -0.25) is 9.80 Å². The lowest BCUT2D eigenvalue weighted by atomic mass is 9.96. The van der Waals surface area contributed by atoms with E-state index in [1.165, 1.54) is 17.2 Å². The molecule has 0 radical (unpaired) electrons. The van der Waals surface area contributed by atoms with Crippen LogP contribution in [0.25, 0.3) is 16.6 Å². The van der Waals surface area contributed by atoms with Crippen LogP contribution in [0.2, 0.25) is 0 Å². The molecule has 8 heteroatoms. The predicted octanol–water partition coefficient (Wildman–Crippen LogP) is 5.81. The average Bonchev–Trinajstić information content (AvgIpc) is 3.12. The summed E-state index contributed by atoms with van der Waals surface area (Å²) in [7, 11) is 0. The van der Waals surface area contributed by atoms with E-state index < -0.39 is 18.7 Å². The lowest BCUT2D eigenvalue weighted by Gasteiger charge is -2.38. The van der Waals surface area contributed by atoms with Gasteiger partial charge in [-0.05, 0) is 48.6 Å². The van der Waals surface area contributed by atoms with Crippen LogP contribution in [0.4, 0.5) is 17.6 Å². The SMILES string of the molecule is Cc1ccc2c(-c3ccnc(F)c3)c(C(C)C)cn2c1C(C)N1CCN(CC(F)(F)F)CC1. The van der Waals surface area contributed by atoms with E-state index in [1.54, 1.807) is 0 Å². The van der Waals surface area contributed by atoms with E-state index in [0.717, 1.165) is 33.5 Å². The van der Waals surface area contributed by atoms with Crippen LogP contribution in [-0.2, 0) is 0 Å². The van der Waals surface area contributed by atoms with E-state index in [2.05, 4.69) is 60.3 Å². The Morgan fingerprint density at radius 2 is 1.73 bits per heavy atom. The minimum absolute atomic E-state index is 0.0242. The topological polar surface area (TPSA) is 23.8 Å². The molecule has 0 spiro atoms. The van der Waals surface area contributed by atoms with Gasteiger partial charge >= 0.3 is 6.18 Å². The predicted molar refractivity (Wildman–Crippen MR) is 122 cm³/mol. The molecule has 0 aliphatic carbocycles. The Morgan fingerprint density at radius 3 is 2.33 bits per heavy atom. The number of pyridine rings is 2. The molecule has 0 saturated carbocycles. The molecule has 4 nitrogen and oxygen atoms in total. The van der Waals surface area contributed by atoms with Crippen LogP contribution in [-0.4, -0.2) is 58.1 Å². The molecule has 4 heterocycles. The fourth-order valence-electron chi connectivity index (χ4n) is 4.96. The van der Waals surface area contributed by atoms with Gasteiger partial charge in [0.15, 0.2) is 0 Å². The van der Waals surface area contributed by atoms with Crippen molar-refractivity contribution >= 4 is 5.52 Å². The molecule has 4 rings (SSSR count). The quantitative estimate of drug-likeness (QED) is 0.353. The number of rotatable bonds is 5. The molecule has 1 atom stereocenters. The monoisotopic (exact) mass is 462 g/mol. The number of alkyl halides is 3. The molecule has 1 aliphatic rings. The van der Waals surface area contributed by atoms with E-state index in [4.69, 9.17) is 0 Å². The molecular weight excluding hydrogens is 432 g/mol. The Kier molecular flexibility index (Phi) is 6.51. The van der Waals surface area contributed by atoms with Crippen molar-refractivity contribution in [2.45, 2.75) is 45.8 Å². The minimum Gasteiger partial charge on any atom is -0.318 e. The fraction of sp³-hybridized carbons (Fsp3) is 0.480. The molecule has 1 fully saturated rings. The maximum absolute atomic E-state index is 13.9. The Bertz CT molecular complexity index is 1130. The summed E-state index contributed by atoms with van der Waals surface area (Å²) < 4.78 is 54.4. The van der Waals surface area contributed by atoms with Gasteiger partial charge in [-0.2, -0.15) is 17.6 Å². The van der Waals surface area contributed by atoms with Crippen molar-refractivity contribution in [3.05, 3.63) is 59.4 Å². The van der Waals surface area contributed by atoms with E-state index >= 15 is 0 Å². The van der Waals surface area contributed by atoms with E-state index in [9.17, 15) is 17.6 Å². The first-order valence-electron chi connectivity index (χ1n) is 11.3. The van der Waals surface area contributed by atoms with Gasteiger partial charge in [0, 0.05) is 61.9 Å². The van der Waals surface area contributed by atoms with Gasteiger partial charge in [-0.25, -0.2) is 4.98 Å².